The third-order valence-corrected chi connectivity index (χ3v) is 12.1. The van der Waals surface area contributed by atoms with E-state index in [0.29, 0.717) is 28.9 Å². The minimum absolute atomic E-state index is 0.577. The number of allylic oxidation sites excluding steroid dienone is 5. The van der Waals surface area contributed by atoms with E-state index >= 15 is 0 Å². The maximum atomic E-state index is 6.61. The van der Waals surface area contributed by atoms with Crippen LogP contribution in [-0.2, 0) is 0 Å². The highest BCUT2D eigenvalue weighted by Crippen LogP contribution is 2.41. The van der Waals surface area contributed by atoms with Crippen LogP contribution in [0.15, 0.2) is 205 Å². The molecule has 0 amide bonds. The Labute approximate surface area is 376 Å². The van der Waals surface area contributed by atoms with Crippen molar-refractivity contribution in [3.05, 3.63) is 217 Å². The van der Waals surface area contributed by atoms with Gasteiger partial charge in [0, 0.05) is 49.7 Å². The molecular formula is C58H42N6O. The van der Waals surface area contributed by atoms with Gasteiger partial charge in [-0.05, 0) is 85.5 Å². The van der Waals surface area contributed by atoms with Crippen LogP contribution in [0.4, 0.5) is 0 Å². The Balaban J connectivity index is 1.06. The lowest BCUT2D eigenvalue weighted by Gasteiger charge is -2.18. The molecule has 0 atom stereocenters. The average molecular weight is 839 g/mol. The highest BCUT2D eigenvalue weighted by atomic mass is 16.3. The molecule has 0 spiro atoms. The molecule has 0 radical (unpaired) electrons. The maximum absolute atomic E-state index is 6.61. The van der Waals surface area contributed by atoms with Crippen LogP contribution in [0.3, 0.4) is 0 Å². The number of rotatable bonds is 9. The number of aryl methyl sites for hydroxylation is 1. The molecule has 7 nitrogen and oxygen atoms in total. The number of fused-ring (bicyclic) bond motifs is 6. The van der Waals surface area contributed by atoms with Gasteiger partial charge in [0.1, 0.15) is 16.8 Å². The predicted molar refractivity (Wildman–Crippen MR) is 266 cm³/mol. The van der Waals surface area contributed by atoms with Gasteiger partial charge >= 0.3 is 0 Å². The van der Waals surface area contributed by atoms with E-state index < -0.39 is 0 Å². The summed E-state index contributed by atoms with van der Waals surface area (Å²) in [5.74, 6) is 2.39. The predicted octanol–water partition coefficient (Wildman–Crippen LogP) is 14.7. The molecule has 0 saturated carbocycles. The summed E-state index contributed by atoms with van der Waals surface area (Å²) in [5.41, 5.74) is 14.8. The van der Waals surface area contributed by atoms with Crippen molar-refractivity contribution in [2.45, 2.75) is 20.8 Å². The van der Waals surface area contributed by atoms with Gasteiger partial charge in [-0.1, -0.05) is 152 Å². The minimum Gasteiger partial charge on any atom is -0.452 e. The second-order valence-electron chi connectivity index (χ2n) is 16.1. The summed E-state index contributed by atoms with van der Waals surface area (Å²) < 4.78 is 8.94. The Morgan fingerprint density at radius 3 is 1.83 bits per heavy atom. The van der Waals surface area contributed by atoms with Crippen LogP contribution in [0.5, 0.6) is 0 Å². The van der Waals surface area contributed by atoms with Crippen molar-refractivity contribution < 1.29 is 4.42 Å². The summed E-state index contributed by atoms with van der Waals surface area (Å²) in [4.78, 5) is 25.8. The van der Waals surface area contributed by atoms with Crippen molar-refractivity contribution in [3.8, 4) is 51.1 Å². The molecule has 0 fully saturated rings. The molecule has 0 aliphatic heterocycles. The lowest BCUT2D eigenvalue weighted by atomic mass is 9.88. The molecule has 65 heavy (non-hydrogen) atoms. The van der Waals surface area contributed by atoms with E-state index in [0.717, 1.165) is 89.0 Å². The zero-order valence-corrected chi connectivity index (χ0v) is 36.2. The Morgan fingerprint density at radius 2 is 1.15 bits per heavy atom. The largest absolute Gasteiger partial charge is 0.452 e. The monoisotopic (exact) mass is 838 g/mol. The zero-order valence-electron chi connectivity index (χ0n) is 36.2. The van der Waals surface area contributed by atoms with Crippen LogP contribution in [0.1, 0.15) is 30.8 Å². The number of furan rings is 1. The number of aromatic nitrogens is 6. The van der Waals surface area contributed by atoms with Crippen molar-refractivity contribution in [1.82, 2.24) is 29.5 Å². The number of para-hydroxylation sites is 3. The van der Waals surface area contributed by atoms with Crippen molar-refractivity contribution in [2.24, 2.45) is 0 Å². The van der Waals surface area contributed by atoms with E-state index in [1.807, 2.05) is 97.9 Å². The first-order chi connectivity index (χ1) is 32.0. The second-order valence-corrected chi connectivity index (χ2v) is 16.1. The number of nitrogens with zero attached hydrogens (tertiary/aromatic N) is 6. The third-order valence-electron chi connectivity index (χ3n) is 12.1. The molecule has 7 aromatic carbocycles. The average Bonchev–Trinajstić information content (AvgIpc) is 3.91. The van der Waals surface area contributed by atoms with E-state index in [-0.39, 0.29) is 0 Å². The van der Waals surface area contributed by atoms with Crippen LogP contribution < -0.4 is 0 Å². The first-order valence-corrected chi connectivity index (χ1v) is 21.7. The van der Waals surface area contributed by atoms with Crippen LogP contribution in [-0.4, -0.2) is 29.5 Å². The Kier molecular flexibility index (Phi) is 9.85. The fraction of sp³-hybridized carbons (Fsp3) is 0.0517. The Bertz CT molecular complexity index is 3640. The van der Waals surface area contributed by atoms with Crippen molar-refractivity contribution in [3.63, 3.8) is 0 Å². The van der Waals surface area contributed by atoms with E-state index in [2.05, 4.69) is 122 Å². The first-order valence-electron chi connectivity index (χ1n) is 21.7. The van der Waals surface area contributed by atoms with Gasteiger partial charge in [0.15, 0.2) is 28.9 Å². The molecule has 4 aromatic heterocycles. The van der Waals surface area contributed by atoms with Gasteiger partial charge in [0.05, 0.1) is 11.0 Å². The standard InChI is InChI=1S/C58H42N6O/c1-5-36(3)51(43(6-2)58-62-55(38-20-10-7-11-21-38)61-56(63-58)39-22-12-8-13-23-39)44-32-31-41(34-37(44)4)57-59-52(54-53(60-57)47-27-17-19-29-50(47)65-54)40-30-33-46-45-26-16-18-28-48(45)64(49(46)35-40)42-24-14-9-15-25-42/h5-35H,1H2,2-4H3/b43-6+,51-36+. The number of hydrogen-bond acceptors (Lipinski definition) is 6. The van der Waals surface area contributed by atoms with Crippen LogP contribution in [0.25, 0.3) is 106 Å². The lowest BCUT2D eigenvalue weighted by Crippen LogP contribution is -2.05. The second kappa shape index (κ2) is 16.3. The van der Waals surface area contributed by atoms with Gasteiger partial charge < -0.3 is 8.98 Å². The first kappa shape index (κ1) is 39.3. The summed E-state index contributed by atoms with van der Waals surface area (Å²) >= 11 is 0. The van der Waals surface area contributed by atoms with Gasteiger partial charge in [0.2, 0.25) is 0 Å². The van der Waals surface area contributed by atoms with Gasteiger partial charge in [-0.25, -0.2) is 24.9 Å². The van der Waals surface area contributed by atoms with Crippen LogP contribution in [0.2, 0.25) is 0 Å². The summed E-state index contributed by atoms with van der Waals surface area (Å²) in [5, 5.41) is 3.29. The Morgan fingerprint density at radius 1 is 0.554 bits per heavy atom. The molecule has 0 aliphatic carbocycles. The molecule has 0 saturated heterocycles. The zero-order chi connectivity index (χ0) is 44.0. The van der Waals surface area contributed by atoms with Crippen LogP contribution >= 0.6 is 0 Å². The van der Waals surface area contributed by atoms with Crippen molar-refractivity contribution in [1.29, 1.82) is 0 Å². The van der Waals surface area contributed by atoms with Crippen molar-refractivity contribution >= 4 is 55.0 Å². The molecule has 0 unspecified atom stereocenters. The summed E-state index contributed by atoms with van der Waals surface area (Å²) in [7, 11) is 0. The topological polar surface area (TPSA) is 82.5 Å². The normalized spacial score (nSPS) is 12.3. The van der Waals surface area contributed by atoms with Gasteiger partial charge in [0.25, 0.3) is 0 Å². The lowest BCUT2D eigenvalue weighted by molar-refractivity contribution is 0.667. The Hall–Kier alpha value is -8.55. The maximum Gasteiger partial charge on any atom is 0.180 e. The molecule has 4 heterocycles. The SMILES string of the molecule is C=C/C(C)=C(\C(=C/C)c1nc(-c2ccccc2)nc(-c2ccccc2)n1)c1ccc(-c2nc(-c3ccc4c5ccccc5n(-c5ccccc5)c4c3)c3oc4ccccc4c3n2)cc1C. The molecule has 310 valence electrons. The molecule has 0 N–H and O–H groups in total. The smallest absolute Gasteiger partial charge is 0.180 e. The summed E-state index contributed by atoms with van der Waals surface area (Å²) in [6.07, 6.45) is 3.97. The highest BCUT2D eigenvalue weighted by molar-refractivity contribution is 6.12. The molecule has 0 aliphatic rings. The molecule has 11 rings (SSSR count). The molecule has 0 bridgehead atoms. The molecular weight excluding hydrogens is 797 g/mol. The van der Waals surface area contributed by atoms with E-state index in [9.17, 15) is 0 Å². The van der Waals surface area contributed by atoms with E-state index in [4.69, 9.17) is 29.3 Å². The highest BCUT2D eigenvalue weighted by Gasteiger charge is 2.23. The van der Waals surface area contributed by atoms with E-state index in [1.165, 1.54) is 10.8 Å². The number of hydrogen-bond donors (Lipinski definition) is 0. The third kappa shape index (κ3) is 6.91. The quantitative estimate of drug-likeness (QED) is 0.135. The summed E-state index contributed by atoms with van der Waals surface area (Å²) in [6, 6.07) is 60.2. The van der Waals surface area contributed by atoms with Crippen LogP contribution in [0, 0.1) is 6.92 Å². The van der Waals surface area contributed by atoms with Crippen molar-refractivity contribution in [2.75, 3.05) is 0 Å². The van der Waals surface area contributed by atoms with Gasteiger partial charge in [-0.3, -0.25) is 0 Å². The fourth-order valence-electron chi connectivity index (χ4n) is 8.96. The van der Waals surface area contributed by atoms with Gasteiger partial charge in [-0.15, -0.1) is 0 Å². The minimum atomic E-state index is 0.577. The van der Waals surface area contributed by atoms with E-state index in [1.54, 1.807) is 0 Å². The molecule has 7 heteroatoms. The molecule has 11 aromatic rings. The fourth-order valence-corrected chi connectivity index (χ4v) is 8.96. The van der Waals surface area contributed by atoms with Gasteiger partial charge in [-0.2, -0.15) is 0 Å². The summed E-state index contributed by atoms with van der Waals surface area (Å²) in [6.45, 7) is 10.5. The number of benzene rings is 7.